The predicted molar refractivity (Wildman–Crippen MR) is 80.8 cm³/mol. The van der Waals surface area contributed by atoms with Crippen molar-refractivity contribution in [3.05, 3.63) is 29.8 Å². The van der Waals surface area contributed by atoms with Crippen LogP contribution in [-0.2, 0) is 10.2 Å². The number of piperidine rings is 1. The largest absolute Gasteiger partial charge is 0.490 e. The molecule has 114 valence electrons. The monoisotopic (exact) mass is 289 g/mol. The molecule has 1 saturated carbocycles. The second kappa shape index (κ2) is 5.68. The first-order valence-corrected chi connectivity index (χ1v) is 7.75. The summed E-state index contributed by atoms with van der Waals surface area (Å²) in [5.41, 5.74) is 1.03. The van der Waals surface area contributed by atoms with Crippen molar-refractivity contribution in [1.82, 2.24) is 4.90 Å². The Hall–Kier alpha value is -1.55. The Bertz CT molecular complexity index is 499. The van der Waals surface area contributed by atoms with Crippen LogP contribution in [0.4, 0.5) is 0 Å². The fraction of sp³-hybridized carbons (Fsp3) is 0.588. The molecule has 1 N–H and O–H groups in total. The summed E-state index contributed by atoms with van der Waals surface area (Å²) < 4.78 is 6.03. The first-order valence-electron chi connectivity index (χ1n) is 7.75. The van der Waals surface area contributed by atoms with Gasteiger partial charge < -0.3 is 14.7 Å². The van der Waals surface area contributed by atoms with Crippen LogP contribution in [0, 0.1) is 0 Å². The molecular weight excluding hydrogens is 266 g/mol. The molecule has 1 aromatic rings. The standard InChI is InChI=1S/C17H23NO3/c1-18-10-6-15(7-11-18)21-14-4-2-13(3-5-14)17(8-9-17)12-16(19)20/h2-5,15H,6-12H2,1H3,(H,19,20). The van der Waals surface area contributed by atoms with Gasteiger partial charge in [0.25, 0.3) is 0 Å². The molecule has 0 bridgehead atoms. The molecule has 1 heterocycles. The summed E-state index contributed by atoms with van der Waals surface area (Å²) in [6, 6.07) is 8.07. The topological polar surface area (TPSA) is 49.8 Å². The normalized spacial score (nSPS) is 22.0. The maximum Gasteiger partial charge on any atom is 0.304 e. The zero-order valence-corrected chi connectivity index (χ0v) is 12.5. The molecule has 4 heteroatoms. The molecule has 2 fully saturated rings. The zero-order chi connectivity index (χ0) is 14.9. The third kappa shape index (κ3) is 3.38. The molecule has 4 nitrogen and oxygen atoms in total. The van der Waals surface area contributed by atoms with Crippen LogP contribution in [0.3, 0.4) is 0 Å². The van der Waals surface area contributed by atoms with Crippen molar-refractivity contribution in [3.63, 3.8) is 0 Å². The molecule has 1 aliphatic carbocycles. The van der Waals surface area contributed by atoms with Crippen LogP contribution in [0.15, 0.2) is 24.3 Å². The molecule has 0 spiro atoms. The van der Waals surface area contributed by atoms with Gasteiger partial charge in [0.1, 0.15) is 11.9 Å². The van der Waals surface area contributed by atoms with Crippen LogP contribution >= 0.6 is 0 Å². The van der Waals surface area contributed by atoms with E-state index in [1.54, 1.807) is 0 Å². The summed E-state index contributed by atoms with van der Waals surface area (Å²) >= 11 is 0. The van der Waals surface area contributed by atoms with Crippen molar-refractivity contribution in [2.75, 3.05) is 20.1 Å². The highest BCUT2D eigenvalue weighted by Crippen LogP contribution is 2.51. The highest BCUT2D eigenvalue weighted by atomic mass is 16.5. The number of hydrogen-bond acceptors (Lipinski definition) is 3. The summed E-state index contributed by atoms with van der Waals surface area (Å²) in [7, 11) is 2.14. The van der Waals surface area contributed by atoms with Gasteiger partial charge in [-0.25, -0.2) is 0 Å². The summed E-state index contributed by atoms with van der Waals surface area (Å²) in [4.78, 5) is 13.3. The number of rotatable bonds is 5. The first-order chi connectivity index (χ1) is 10.1. The minimum Gasteiger partial charge on any atom is -0.490 e. The lowest BCUT2D eigenvalue weighted by Gasteiger charge is -2.29. The Morgan fingerprint density at radius 2 is 1.90 bits per heavy atom. The molecule has 1 saturated heterocycles. The van der Waals surface area contributed by atoms with Crippen molar-refractivity contribution in [2.45, 2.75) is 43.6 Å². The predicted octanol–water partition coefficient (Wildman–Crippen LogP) is 2.67. The van der Waals surface area contributed by atoms with Gasteiger partial charge in [0.15, 0.2) is 0 Å². The minimum absolute atomic E-state index is 0.113. The highest BCUT2D eigenvalue weighted by molar-refractivity contribution is 5.70. The van der Waals surface area contributed by atoms with Gasteiger partial charge in [-0.1, -0.05) is 12.1 Å². The van der Waals surface area contributed by atoms with E-state index in [2.05, 4.69) is 11.9 Å². The number of aliphatic carboxylic acids is 1. The lowest BCUT2D eigenvalue weighted by molar-refractivity contribution is -0.137. The van der Waals surface area contributed by atoms with Gasteiger partial charge >= 0.3 is 5.97 Å². The molecule has 1 aromatic carbocycles. The second-order valence-electron chi connectivity index (χ2n) is 6.50. The molecule has 0 aromatic heterocycles. The number of carbonyl (C=O) groups is 1. The van der Waals surface area contributed by atoms with Crippen molar-refractivity contribution in [3.8, 4) is 5.75 Å². The summed E-state index contributed by atoms with van der Waals surface area (Å²) in [6.45, 7) is 2.18. The summed E-state index contributed by atoms with van der Waals surface area (Å²) in [6.07, 6.45) is 4.65. The van der Waals surface area contributed by atoms with Crippen LogP contribution in [-0.4, -0.2) is 42.2 Å². The molecule has 3 rings (SSSR count). The Kier molecular flexibility index (Phi) is 3.89. The summed E-state index contributed by atoms with van der Waals surface area (Å²) in [5.74, 6) is 0.193. The average Bonchev–Trinajstić information content (AvgIpc) is 3.22. The van der Waals surface area contributed by atoms with Gasteiger partial charge in [-0.3, -0.25) is 4.79 Å². The quantitative estimate of drug-likeness (QED) is 0.905. The van der Waals surface area contributed by atoms with Crippen LogP contribution in [0.5, 0.6) is 5.75 Å². The molecule has 21 heavy (non-hydrogen) atoms. The molecule has 0 amide bonds. The number of likely N-dealkylation sites (tertiary alicyclic amines) is 1. The molecule has 0 unspecified atom stereocenters. The van der Waals surface area contributed by atoms with E-state index in [0.29, 0.717) is 6.10 Å². The van der Waals surface area contributed by atoms with Gasteiger partial charge in [0.05, 0.1) is 6.42 Å². The SMILES string of the molecule is CN1CCC(Oc2ccc(C3(CC(=O)O)CC3)cc2)CC1. The molecule has 1 aliphatic heterocycles. The van der Waals surface area contributed by atoms with Gasteiger partial charge in [-0.05, 0) is 50.4 Å². The van der Waals surface area contributed by atoms with E-state index in [0.717, 1.165) is 50.1 Å². The number of nitrogens with zero attached hydrogens (tertiary/aromatic N) is 1. The minimum atomic E-state index is -0.709. The van der Waals surface area contributed by atoms with E-state index < -0.39 is 5.97 Å². The van der Waals surface area contributed by atoms with Gasteiger partial charge in [0, 0.05) is 18.5 Å². The maximum atomic E-state index is 11.0. The fourth-order valence-electron chi connectivity index (χ4n) is 3.19. The van der Waals surface area contributed by atoms with Gasteiger partial charge in [-0.15, -0.1) is 0 Å². The van der Waals surface area contributed by atoms with E-state index in [4.69, 9.17) is 9.84 Å². The summed E-state index contributed by atoms with van der Waals surface area (Å²) in [5, 5.41) is 9.01. The lowest BCUT2D eigenvalue weighted by Crippen LogP contribution is -2.35. The van der Waals surface area contributed by atoms with E-state index in [1.807, 2.05) is 24.3 Å². The van der Waals surface area contributed by atoms with Crippen LogP contribution in [0.25, 0.3) is 0 Å². The second-order valence-corrected chi connectivity index (χ2v) is 6.50. The number of ether oxygens (including phenoxy) is 1. The first kappa shape index (κ1) is 14.4. The van der Waals surface area contributed by atoms with E-state index in [-0.39, 0.29) is 11.8 Å². The Morgan fingerprint density at radius 3 is 2.43 bits per heavy atom. The Balaban J connectivity index is 1.61. The Morgan fingerprint density at radius 1 is 1.29 bits per heavy atom. The molecule has 0 atom stereocenters. The zero-order valence-electron chi connectivity index (χ0n) is 12.5. The Labute approximate surface area is 125 Å². The smallest absolute Gasteiger partial charge is 0.304 e. The lowest BCUT2D eigenvalue weighted by atomic mass is 9.92. The molecule has 2 aliphatic rings. The van der Waals surface area contributed by atoms with Gasteiger partial charge in [0.2, 0.25) is 0 Å². The van der Waals surface area contributed by atoms with Crippen molar-refractivity contribution >= 4 is 5.97 Å². The van der Waals surface area contributed by atoms with Crippen molar-refractivity contribution in [2.24, 2.45) is 0 Å². The number of carboxylic acids is 1. The van der Waals surface area contributed by atoms with E-state index in [1.165, 1.54) is 0 Å². The highest BCUT2D eigenvalue weighted by Gasteiger charge is 2.45. The molecule has 0 radical (unpaired) electrons. The van der Waals surface area contributed by atoms with Crippen LogP contribution in [0.2, 0.25) is 0 Å². The van der Waals surface area contributed by atoms with Gasteiger partial charge in [-0.2, -0.15) is 0 Å². The molecular formula is C17H23NO3. The average molecular weight is 289 g/mol. The van der Waals surface area contributed by atoms with E-state index in [9.17, 15) is 4.79 Å². The number of hydrogen-bond donors (Lipinski definition) is 1. The van der Waals surface area contributed by atoms with Crippen LogP contribution in [0.1, 0.15) is 37.7 Å². The fourth-order valence-corrected chi connectivity index (χ4v) is 3.19. The van der Waals surface area contributed by atoms with Crippen molar-refractivity contribution in [1.29, 1.82) is 0 Å². The number of benzene rings is 1. The van der Waals surface area contributed by atoms with Crippen molar-refractivity contribution < 1.29 is 14.6 Å². The van der Waals surface area contributed by atoms with Crippen LogP contribution < -0.4 is 4.74 Å². The maximum absolute atomic E-state index is 11.0. The van der Waals surface area contributed by atoms with E-state index >= 15 is 0 Å². The third-order valence-electron chi connectivity index (χ3n) is 4.78. The third-order valence-corrected chi connectivity index (χ3v) is 4.78. The number of carboxylic acid groups (broad SMARTS) is 1.